The van der Waals surface area contributed by atoms with Gasteiger partial charge in [0, 0.05) is 13.1 Å². The highest BCUT2D eigenvalue weighted by atomic mass is 16.4. The summed E-state index contributed by atoms with van der Waals surface area (Å²) >= 11 is 0. The van der Waals surface area contributed by atoms with Crippen molar-refractivity contribution in [2.45, 2.75) is 37.6 Å². The maximum Gasteiger partial charge on any atom is 0.329 e. The summed E-state index contributed by atoms with van der Waals surface area (Å²) in [6.45, 7) is 2.72. The van der Waals surface area contributed by atoms with Crippen LogP contribution in [0.4, 0.5) is 4.79 Å². The van der Waals surface area contributed by atoms with Crippen molar-refractivity contribution in [2.24, 2.45) is 5.92 Å². The van der Waals surface area contributed by atoms with Gasteiger partial charge in [-0.25, -0.2) is 9.59 Å². The van der Waals surface area contributed by atoms with Crippen molar-refractivity contribution in [3.63, 3.8) is 0 Å². The van der Waals surface area contributed by atoms with Crippen LogP contribution in [-0.4, -0.2) is 54.2 Å². The average molecular weight is 269 g/mol. The third kappa shape index (κ3) is 3.37. The molecule has 0 aromatic rings. The van der Waals surface area contributed by atoms with E-state index in [1.54, 1.807) is 0 Å². The normalized spacial score (nSPS) is 26.3. The lowest BCUT2D eigenvalue weighted by atomic mass is 9.77. The fourth-order valence-corrected chi connectivity index (χ4v) is 2.86. The Kier molecular flexibility index (Phi) is 4.29. The second-order valence-electron chi connectivity index (χ2n) is 5.85. The molecule has 6 heteroatoms. The number of carbonyl (C=O) groups is 2. The Hall–Kier alpha value is -1.30. The van der Waals surface area contributed by atoms with Gasteiger partial charge in [-0.2, -0.15) is 0 Å². The standard InChI is InChI=1S/C13H23N3O3/c1-16-7-2-4-10(9-16)8-14-12(19)15-13(11(17)18)5-3-6-13/h10H,2-9H2,1H3,(H,17,18)(H2,14,15,19). The number of aliphatic carboxylic acids is 1. The molecule has 6 nitrogen and oxygen atoms in total. The quantitative estimate of drug-likeness (QED) is 0.699. The highest BCUT2D eigenvalue weighted by Gasteiger charge is 2.45. The third-order valence-corrected chi connectivity index (χ3v) is 4.24. The van der Waals surface area contributed by atoms with Crippen LogP contribution < -0.4 is 10.6 Å². The molecule has 0 spiro atoms. The molecule has 1 aliphatic heterocycles. The Balaban J connectivity index is 1.74. The molecule has 0 bridgehead atoms. The fraction of sp³-hybridized carbons (Fsp3) is 0.846. The number of nitrogens with zero attached hydrogens (tertiary/aromatic N) is 1. The summed E-state index contributed by atoms with van der Waals surface area (Å²) in [6.07, 6.45) is 4.20. The predicted octanol–water partition coefficient (Wildman–Crippen LogP) is 0.635. The molecule has 0 aromatic carbocycles. The fourth-order valence-electron chi connectivity index (χ4n) is 2.86. The van der Waals surface area contributed by atoms with Crippen LogP contribution in [0.3, 0.4) is 0 Å². The molecule has 1 unspecified atom stereocenters. The Morgan fingerprint density at radius 1 is 1.37 bits per heavy atom. The van der Waals surface area contributed by atoms with Crippen molar-refractivity contribution < 1.29 is 14.7 Å². The summed E-state index contributed by atoms with van der Waals surface area (Å²) in [5, 5.41) is 14.6. The van der Waals surface area contributed by atoms with Gasteiger partial charge in [0.15, 0.2) is 0 Å². The number of likely N-dealkylation sites (tertiary alicyclic amines) is 1. The Morgan fingerprint density at radius 2 is 2.11 bits per heavy atom. The van der Waals surface area contributed by atoms with Crippen LogP contribution in [0.15, 0.2) is 0 Å². The topological polar surface area (TPSA) is 81.7 Å². The molecular formula is C13H23N3O3. The molecule has 0 radical (unpaired) electrons. The first-order valence-corrected chi connectivity index (χ1v) is 7.00. The molecule has 2 aliphatic rings. The van der Waals surface area contributed by atoms with Gasteiger partial charge in [-0.15, -0.1) is 0 Å². The number of piperidine rings is 1. The number of nitrogens with one attached hydrogen (secondary N) is 2. The van der Waals surface area contributed by atoms with Crippen molar-refractivity contribution in [3.05, 3.63) is 0 Å². The van der Waals surface area contributed by atoms with E-state index in [0.29, 0.717) is 25.3 Å². The molecule has 2 amide bonds. The number of carboxylic acids is 1. The summed E-state index contributed by atoms with van der Waals surface area (Å²) < 4.78 is 0. The number of rotatable bonds is 4. The number of hydrogen-bond acceptors (Lipinski definition) is 3. The van der Waals surface area contributed by atoms with E-state index in [-0.39, 0.29) is 6.03 Å². The second kappa shape index (κ2) is 5.77. The van der Waals surface area contributed by atoms with Gasteiger partial charge in [0.1, 0.15) is 5.54 Å². The largest absolute Gasteiger partial charge is 0.480 e. The molecule has 2 rings (SSSR count). The molecule has 1 saturated carbocycles. The Morgan fingerprint density at radius 3 is 2.63 bits per heavy atom. The predicted molar refractivity (Wildman–Crippen MR) is 71.0 cm³/mol. The second-order valence-corrected chi connectivity index (χ2v) is 5.85. The van der Waals surface area contributed by atoms with Crippen LogP contribution in [0, 0.1) is 5.92 Å². The molecular weight excluding hydrogens is 246 g/mol. The minimum atomic E-state index is -1.02. The van der Waals surface area contributed by atoms with Crippen molar-refractivity contribution in [2.75, 3.05) is 26.7 Å². The van der Waals surface area contributed by atoms with Crippen LogP contribution in [0.25, 0.3) is 0 Å². The highest BCUT2D eigenvalue weighted by molar-refractivity contribution is 5.87. The lowest BCUT2D eigenvalue weighted by Crippen LogP contribution is -2.61. The molecule has 1 atom stereocenters. The zero-order valence-corrected chi connectivity index (χ0v) is 11.4. The van der Waals surface area contributed by atoms with E-state index >= 15 is 0 Å². The van der Waals surface area contributed by atoms with Crippen molar-refractivity contribution in [3.8, 4) is 0 Å². The van der Waals surface area contributed by atoms with Crippen LogP contribution in [0.2, 0.25) is 0 Å². The first-order chi connectivity index (χ1) is 9.02. The van der Waals surface area contributed by atoms with Gasteiger partial charge < -0.3 is 20.6 Å². The Bertz CT molecular complexity index is 355. The maximum absolute atomic E-state index is 11.8. The molecule has 1 saturated heterocycles. The van der Waals surface area contributed by atoms with Crippen molar-refractivity contribution in [1.29, 1.82) is 0 Å². The van der Waals surface area contributed by atoms with Gasteiger partial charge in [0.2, 0.25) is 0 Å². The van der Waals surface area contributed by atoms with E-state index in [0.717, 1.165) is 32.4 Å². The van der Waals surface area contributed by atoms with Crippen molar-refractivity contribution >= 4 is 12.0 Å². The maximum atomic E-state index is 11.8. The molecule has 108 valence electrons. The summed E-state index contributed by atoms with van der Waals surface area (Å²) in [5.74, 6) is -0.460. The lowest BCUT2D eigenvalue weighted by Gasteiger charge is -2.38. The van der Waals surface area contributed by atoms with E-state index in [4.69, 9.17) is 5.11 Å². The summed E-state index contributed by atoms with van der Waals surface area (Å²) in [4.78, 5) is 25.2. The van der Waals surface area contributed by atoms with E-state index in [1.807, 2.05) is 0 Å². The van der Waals surface area contributed by atoms with Gasteiger partial charge in [-0.05, 0) is 51.6 Å². The van der Waals surface area contributed by atoms with Gasteiger partial charge >= 0.3 is 12.0 Å². The smallest absolute Gasteiger partial charge is 0.329 e. The number of carbonyl (C=O) groups excluding carboxylic acids is 1. The minimum Gasteiger partial charge on any atom is -0.480 e. The molecule has 1 heterocycles. The SMILES string of the molecule is CN1CCCC(CNC(=O)NC2(C(=O)O)CCC2)C1. The number of hydrogen-bond donors (Lipinski definition) is 3. The molecule has 2 fully saturated rings. The number of carboxylic acid groups (broad SMARTS) is 1. The highest BCUT2D eigenvalue weighted by Crippen LogP contribution is 2.31. The van der Waals surface area contributed by atoms with Crippen LogP contribution in [-0.2, 0) is 4.79 Å². The van der Waals surface area contributed by atoms with Gasteiger partial charge in [-0.1, -0.05) is 0 Å². The lowest BCUT2D eigenvalue weighted by molar-refractivity contribution is -0.148. The van der Waals surface area contributed by atoms with E-state index in [2.05, 4.69) is 22.6 Å². The van der Waals surface area contributed by atoms with Gasteiger partial charge in [0.25, 0.3) is 0 Å². The average Bonchev–Trinajstić information content (AvgIpc) is 2.31. The zero-order chi connectivity index (χ0) is 13.9. The van der Waals surface area contributed by atoms with Crippen LogP contribution in [0.1, 0.15) is 32.1 Å². The third-order valence-electron chi connectivity index (χ3n) is 4.24. The number of amides is 2. The first-order valence-electron chi connectivity index (χ1n) is 7.00. The molecule has 3 N–H and O–H groups in total. The van der Waals surface area contributed by atoms with Crippen LogP contribution >= 0.6 is 0 Å². The summed E-state index contributed by atoms with van der Waals surface area (Å²) in [5.41, 5.74) is -1.02. The van der Waals surface area contributed by atoms with Gasteiger partial charge in [-0.3, -0.25) is 0 Å². The van der Waals surface area contributed by atoms with E-state index < -0.39 is 11.5 Å². The first kappa shape index (κ1) is 14.1. The summed E-state index contributed by atoms with van der Waals surface area (Å²) in [7, 11) is 2.08. The zero-order valence-electron chi connectivity index (χ0n) is 11.4. The van der Waals surface area contributed by atoms with E-state index in [1.165, 1.54) is 0 Å². The molecule has 1 aliphatic carbocycles. The monoisotopic (exact) mass is 269 g/mol. The van der Waals surface area contributed by atoms with Crippen molar-refractivity contribution in [1.82, 2.24) is 15.5 Å². The van der Waals surface area contributed by atoms with Gasteiger partial charge in [0.05, 0.1) is 0 Å². The number of urea groups is 1. The van der Waals surface area contributed by atoms with Crippen LogP contribution in [0.5, 0.6) is 0 Å². The Labute approximate surface area is 113 Å². The van der Waals surface area contributed by atoms with E-state index in [9.17, 15) is 9.59 Å². The molecule has 19 heavy (non-hydrogen) atoms. The summed E-state index contributed by atoms with van der Waals surface area (Å²) in [6, 6.07) is -0.352. The minimum absolute atomic E-state index is 0.352. The molecule has 0 aromatic heterocycles.